The Morgan fingerprint density at radius 2 is 1.88 bits per heavy atom. The maximum absolute atomic E-state index is 12.1. The van der Waals surface area contributed by atoms with E-state index in [1.165, 1.54) is 6.08 Å². The number of fused-ring (bicyclic) bond motifs is 2. The summed E-state index contributed by atoms with van der Waals surface area (Å²) in [7, 11) is 3.70. The number of H-pyrrole nitrogens is 1. The van der Waals surface area contributed by atoms with Crippen LogP contribution in [0.5, 0.6) is 6.01 Å². The van der Waals surface area contributed by atoms with E-state index in [1.807, 2.05) is 19.2 Å². The second-order valence-electron chi connectivity index (χ2n) is 9.94. The number of pyridine rings is 1. The van der Waals surface area contributed by atoms with Crippen molar-refractivity contribution in [2.75, 3.05) is 58.3 Å². The molecular weight excluding hydrogens is 555 g/mol. The van der Waals surface area contributed by atoms with E-state index in [1.54, 1.807) is 24.3 Å². The largest absolute Gasteiger partial charge is 0.456 e. The molecule has 5 heterocycles. The Balaban J connectivity index is 1.44. The Labute approximate surface area is 240 Å². The molecule has 4 aromatic rings. The van der Waals surface area contributed by atoms with Gasteiger partial charge in [0.1, 0.15) is 18.0 Å². The van der Waals surface area contributed by atoms with Crippen LogP contribution in [-0.2, 0) is 9.53 Å². The number of benzene rings is 1. The number of nitrogens with one attached hydrogen (secondary N) is 1. The minimum atomic E-state index is -0.238. The van der Waals surface area contributed by atoms with E-state index in [2.05, 4.69) is 26.6 Å². The molecule has 2 aliphatic rings. The van der Waals surface area contributed by atoms with Crippen molar-refractivity contribution in [1.29, 1.82) is 0 Å². The summed E-state index contributed by atoms with van der Waals surface area (Å²) in [6, 6.07) is 5.77. The van der Waals surface area contributed by atoms with Crippen molar-refractivity contribution in [3.63, 3.8) is 0 Å². The standard InChI is InChI=1S/C27H28Cl2N8O3/c1-4-22(38)36-7-9-37(10-8-36)26-15-5-6-18(23-16-12-30-34-19(16)11-17(28)24(23)29)31-25(15)32-27(33-26)40-21-14-35(2)13-20(21)39-3/h4-6,11-12,20-21H,1,7-10,13-14H2,2-3H3,(H,30,34)/t20-,21?/m1/s1. The van der Waals surface area contributed by atoms with Crippen LogP contribution in [0, 0.1) is 0 Å². The molecular formula is C27H28Cl2N8O3. The van der Waals surface area contributed by atoms with E-state index in [0.29, 0.717) is 65.5 Å². The van der Waals surface area contributed by atoms with Gasteiger partial charge in [0.2, 0.25) is 5.91 Å². The van der Waals surface area contributed by atoms with Crippen molar-refractivity contribution in [1.82, 2.24) is 34.9 Å². The number of methoxy groups -OCH3 is 1. The number of hydrogen-bond acceptors (Lipinski definition) is 9. The van der Waals surface area contributed by atoms with Crippen LogP contribution in [-0.4, -0.2) is 106 Å². The number of aromatic amines is 1. The number of ether oxygens (including phenoxy) is 2. The molecule has 1 amide bonds. The first-order valence-corrected chi connectivity index (χ1v) is 13.7. The van der Waals surface area contributed by atoms with Crippen LogP contribution in [0.3, 0.4) is 0 Å². The van der Waals surface area contributed by atoms with Crippen molar-refractivity contribution in [2.45, 2.75) is 12.2 Å². The molecule has 2 atom stereocenters. The van der Waals surface area contributed by atoms with E-state index < -0.39 is 0 Å². The number of aromatic nitrogens is 5. The summed E-state index contributed by atoms with van der Waals surface area (Å²) in [4.78, 5) is 32.7. The molecule has 0 bridgehead atoms. The number of halogens is 2. The normalized spacial score (nSPS) is 20.0. The van der Waals surface area contributed by atoms with Crippen molar-refractivity contribution in [3.05, 3.63) is 47.1 Å². The lowest BCUT2D eigenvalue weighted by Gasteiger charge is -2.35. The summed E-state index contributed by atoms with van der Waals surface area (Å²) in [6.45, 7) is 7.32. The number of amides is 1. The van der Waals surface area contributed by atoms with Gasteiger partial charge in [-0.15, -0.1) is 0 Å². The second-order valence-corrected chi connectivity index (χ2v) is 10.7. The van der Waals surface area contributed by atoms with E-state index in [4.69, 9.17) is 47.6 Å². The van der Waals surface area contributed by atoms with Crippen molar-refractivity contribution in [2.24, 2.45) is 0 Å². The summed E-state index contributed by atoms with van der Waals surface area (Å²) < 4.78 is 12.0. The Kier molecular flexibility index (Phi) is 7.22. The molecule has 3 aromatic heterocycles. The summed E-state index contributed by atoms with van der Waals surface area (Å²) >= 11 is 13.1. The van der Waals surface area contributed by atoms with Crippen molar-refractivity contribution >= 4 is 56.9 Å². The van der Waals surface area contributed by atoms with E-state index in [-0.39, 0.29) is 24.1 Å². The number of anilines is 1. The highest BCUT2D eigenvalue weighted by atomic mass is 35.5. The van der Waals surface area contributed by atoms with Gasteiger partial charge in [0.05, 0.1) is 32.8 Å². The number of rotatable bonds is 6. The SMILES string of the molecule is C=CC(=O)N1CCN(c2nc(OC3CN(C)C[C@H]3OC)nc3nc(-c4c(Cl)c(Cl)cc5[nH]ncc45)ccc23)CC1. The highest BCUT2D eigenvalue weighted by Crippen LogP contribution is 2.39. The molecule has 2 saturated heterocycles. The average molecular weight is 583 g/mol. The molecule has 2 fully saturated rings. The Hall–Kier alpha value is -3.51. The molecule has 0 radical (unpaired) electrons. The molecule has 13 heteroatoms. The highest BCUT2D eigenvalue weighted by molar-refractivity contribution is 6.45. The molecule has 1 N–H and O–H groups in total. The lowest BCUT2D eigenvalue weighted by molar-refractivity contribution is -0.126. The molecule has 6 rings (SSSR count). The maximum Gasteiger partial charge on any atom is 0.320 e. The van der Waals surface area contributed by atoms with Crippen LogP contribution in [0.15, 0.2) is 37.1 Å². The van der Waals surface area contributed by atoms with Gasteiger partial charge in [-0.25, -0.2) is 4.98 Å². The fourth-order valence-corrected chi connectivity index (χ4v) is 5.81. The lowest BCUT2D eigenvalue weighted by Crippen LogP contribution is -2.48. The molecule has 40 heavy (non-hydrogen) atoms. The minimum Gasteiger partial charge on any atom is -0.456 e. The summed E-state index contributed by atoms with van der Waals surface area (Å²) in [6.07, 6.45) is 2.69. The van der Waals surface area contributed by atoms with Gasteiger partial charge < -0.3 is 19.3 Å². The molecule has 11 nitrogen and oxygen atoms in total. The van der Waals surface area contributed by atoms with Crippen LogP contribution in [0.1, 0.15) is 0 Å². The molecule has 1 unspecified atom stereocenters. The van der Waals surface area contributed by atoms with Gasteiger partial charge >= 0.3 is 6.01 Å². The third-order valence-electron chi connectivity index (χ3n) is 7.44. The van der Waals surface area contributed by atoms with Crippen molar-refractivity contribution < 1.29 is 14.3 Å². The quantitative estimate of drug-likeness (QED) is 0.341. The number of nitrogens with zero attached hydrogens (tertiary/aromatic N) is 7. The molecule has 0 aliphatic carbocycles. The molecule has 1 aromatic carbocycles. The third kappa shape index (κ3) is 4.83. The first kappa shape index (κ1) is 26.7. The molecule has 0 saturated carbocycles. The van der Waals surface area contributed by atoms with Crippen LogP contribution in [0.2, 0.25) is 10.0 Å². The number of piperazine rings is 1. The monoisotopic (exact) mass is 582 g/mol. The predicted octanol–water partition coefficient (Wildman–Crippen LogP) is 3.42. The van der Waals surface area contributed by atoms with Gasteiger partial charge in [-0.2, -0.15) is 15.1 Å². The summed E-state index contributed by atoms with van der Waals surface area (Å²) in [5.74, 6) is 0.609. The highest BCUT2D eigenvalue weighted by Gasteiger charge is 2.34. The average Bonchev–Trinajstić information content (AvgIpc) is 3.57. The van der Waals surface area contributed by atoms with Gasteiger partial charge in [-0.1, -0.05) is 29.8 Å². The topological polar surface area (TPSA) is 113 Å². The minimum absolute atomic E-state index is 0.0811. The summed E-state index contributed by atoms with van der Waals surface area (Å²) in [5.41, 5.74) is 2.46. The second kappa shape index (κ2) is 10.8. The van der Waals surface area contributed by atoms with E-state index in [9.17, 15) is 4.79 Å². The number of likely N-dealkylation sites (tertiary alicyclic amines) is 1. The molecule has 208 valence electrons. The third-order valence-corrected chi connectivity index (χ3v) is 8.22. The van der Waals surface area contributed by atoms with Crippen LogP contribution in [0.4, 0.5) is 5.82 Å². The number of carbonyl (C=O) groups excluding carboxylic acids is 1. The zero-order chi connectivity index (χ0) is 28.0. The van der Waals surface area contributed by atoms with E-state index >= 15 is 0 Å². The first-order chi connectivity index (χ1) is 19.4. The van der Waals surface area contributed by atoms with Gasteiger partial charge in [-0.3, -0.25) is 14.8 Å². The zero-order valence-electron chi connectivity index (χ0n) is 22.1. The fraction of sp³-hybridized carbons (Fsp3) is 0.370. The number of likely N-dealkylation sites (N-methyl/N-ethyl adjacent to an activating group) is 1. The van der Waals surface area contributed by atoms with Gasteiger partial charge in [0.25, 0.3) is 0 Å². The lowest BCUT2D eigenvalue weighted by atomic mass is 10.1. The summed E-state index contributed by atoms with van der Waals surface area (Å²) in [5, 5.41) is 9.43. The van der Waals surface area contributed by atoms with E-state index in [0.717, 1.165) is 22.8 Å². The van der Waals surface area contributed by atoms with Crippen molar-refractivity contribution in [3.8, 4) is 17.3 Å². The number of hydrogen-bond donors (Lipinski definition) is 1. The van der Waals surface area contributed by atoms with Crippen LogP contribution in [0.25, 0.3) is 33.2 Å². The molecule has 0 spiro atoms. The smallest absolute Gasteiger partial charge is 0.320 e. The van der Waals surface area contributed by atoms with Crippen LogP contribution >= 0.6 is 23.2 Å². The first-order valence-electron chi connectivity index (χ1n) is 12.9. The van der Waals surface area contributed by atoms with Gasteiger partial charge in [-0.05, 0) is 31.3 Å². The zero-order valence-corrected chi connectivity index (χ0v) is 23.6. The number of carbonyl (C=O) groups is 1. The van der Waals surface area contributed by atoms with Gasteiger partial charge in [0.15, 0.2) is 5.65 Å². The Morgan fingerprint density at radius 3 is 2.62 bits per heavy atom. The maximum atomic E-state index is 12.1. The van der Waals surface area contributed by atoms with Gasteiger partial charge in [0, 0.05) is 57.3 Å². The Bertz CT molecular complexity index is 1600. The Morgan fingerprint density at radius 1 is 1.10 bits per heavy atom. The predicted molar refractivity (Wildman–Crippen MR) is 154 cm³/mol. The van der Waals surface area contributed by atoms with Crippen LogP contribution < -0.4 is 9.64 Å². The fourth-order valence-electron chi connectivity index (χ4n) is 5.36. The molecule has 2 aliphatic heterocycles.